The van der Waals surface area contributed by atoms with Crippen LogP contribution in [0.1, 0.15) is 6.92 Å². The van der Waals surface area contributed by atoms with Gasteiger partial charge in [0.2, 0.25) is 5.91 Å². The van der Waals surface area contributed by atoms with Crippen molar-refractivity contribution in [1.29, 1.82) is 0 Å². The molecular formula is C15H12Cl2N4OS. The van der Waals surface area contributed by atoms with Crippen molar-refractivity contribution >= 4 is 52.2 Å². The van der Waals surface area contributed by atoms with Crippen LogP contribution in [0.3, 0.4) is 0 Å². The van der Waals surface area contributed by atoms with Gasteiger partial charge < -0.3 is 5.32 Å². The number of anilines is 1. The molecule has 0 aliphatic carbocycles. The summed E-state index contributed by atoms with van der Waals surface area (Å²) in [7, 11) is 0. The monoisotopic (exact) mass is 366 g/mol. The van der Waals surface area contributed by atoms with Crippen LogP contribution in [-0.2, 0) is 4.79 Å². The lowest BCUT2D eigenvalue weighted by atomic mass is 10.3. The molecule has 1 aromatic carbocycles. The van der Waals surface area contributed by atoms with Crippen molar-refractivity contribution in [2.24, 2.45) is 0 Å². The van der Waals surface area contributed by atoms with Gasteiger partial charge in [-0.25, -0.2) is 0 Å². The summed E-state index contributed by atoms with van der Waals surface area (Å²) < 4.78 is 1.83. The molecule has 0 fully saturated rings. The zero-order valence-corrected chi connectivity index (χ0v) is 14.4. The Morgan fingerprint density at radius 1 is 1.22 bits per heavy atom. The van der Waals surface area contributed by atoms with Gasteiger partial charge in [-0.1, -0.05) is 47.1 Å². The fraction of sp³-hybridized carbons (Fsp3) is 0.133. The molecule has 0 radical (unpaired) electrons. The first kappa shape index (κ1) is 16.1. The lowest BCUT2D eigenvalue weighted by molar-refractivity contribution is -0.115. The number of hydrogen-bond donors (Lipinski definition) is 1. The van der Waals surface area contributed by atoms with E-state index in [0.29, 0.717) is 20.9 Å². The van der Waals surface area contributed by atoms with Gasteiger partial charge in [-0.2, -0.15) is 0 Å². The standard InChI is InChI=1S/C15H12Cl2N4OS/c1-9(14(22)18-11-6-4-5-10(16)13(11)17)23-15-20-19-12-7-2-3-8-21(12)15/h2-9H,1H3,(H,18,22)/t9-/m1/s1. The first-order valence-corrected chi connectivity index (χ1v) is 8.41. The molecule has 23 heavy (non-hydrogen) atoms. The van der Waals surface area contributed by atoms with Crippen molar-refractivity contribution in [3.63, 3.8) is 0 Å². The number of carbonyl (C=O) groups is 1. The molecule has 2 aromatic heterocycles. The Balaban J connectivity index is 1.74. The number of halogens is 2. The smallest absolute Gasteiger partial charge is 0.237 e. The maximum atomic E-state index is 12.3. The third-order valence-corrected chi connectivity index (χ3v) is 5.02. The van der Waals surface area contributed by atoms with Gasteiger partial charge >= 0.3 is 0 Å². The summed E-state index contributed by atoms with van der Waals surface area (Å²) in [5.41, 5.74) is 1.23. The van der Waals surface area contributed by atoms with Crippen molar-refractivity contribution in [1.82, 2.24) is 14.6 Å². The molecule has 0 aliphatic rings. The minimum atomic E-state index is -0.377. The number of nitrogens with one attached hydrogen (secondary N) is 1. The molecule has 0 saturated carbocycles. The molecule has 1 atom stereocenters. The molecule has 1 amide bonds. The Labute approximate surface area is 147 Å². The highest BCUT2D eigenvalue weighted by Crippen LogP contribution is 2.30. The Morgan fingerprint density at radius 3 is 2.87 bits per heavy atom. The van der Waals surface area contributed by atoms with Crippen molar-refractivity contribution in [2.75, 3.05) is 5.32 Å². The number of nitrogens with zero attached hydrogens (tertiary/aromatic N) is 3. The van der Waals surface area contributed by atoms with Crippen LogP contribution in [0.2, 0.25) is 10.0 Å². The highest BCUT2D eigenvalue weighted by Gasteiger charge is 2.19. The highest BCUT2D eigenvalue weighted by molar-refractivity contribution is 8.00. The summed E-state index contributed by atoms with van der Waals surface area (Å²) in [5.74, 6) is -0.188. The third-order valence-electron chi connectivity index (χ3n) is 3.14. The van der Waals surface area contributed by atoms with Crippen molar-refractivity contribution in [2.45, 2.75) is 17.3 Å². The summed E-state index contributed by atoms with van der Waals surface area (Å²) in [4.78, 5) is 12.3. The molecule has 0 spiro atoms. The van der Waals surface area contributed by atoms with Gasteiger partial charge in [0.1, 0.15) is 0 Å². The lowest BCUT2D eigenvalue weighted by Crippen LogP contribution is -2.22. The molecule has 0 bridgehead atoms. The predicted molar refractivity (Wildman–Crippen MR) is 93.4 cm³/mol. The van der Waals surface area contributed by atoms with Crippen LogP contribution in [0.15, 0.2) is 47.8 Å². The van der Waals surface area contributed by atoms with Crippen molar-refractivity contribution in [3.8, 4) is 0 Å². The number of thioether (sulfide) groups is 1. The van der Waals surface area contributed by atoms with E-state index < -0.39 is 0 Å². The van der Waals surface area contributed by atoms with Crippen LogP contribution in [0, 0.1) is 0 Å². The second-order valence-corrected chi connectivity index (χ2v) is 6.86. The zero-order chi connectivity index (χ0) is 16.4. The van der Waals surface area contributed by atoms with Gasteiger partial charge in [0.15, 0.2) is 10.8 Å². The van der Waals surface area contributed by atoms with E-state index in [2.05, 4.69) is 15.5 Å². The summed E-state index contributed by atoms with van der Waals surface area (Å²) in [5, 5.41) is 11.9. The van der Waals surface area contributed by atoms with Crippen LogP contribution in [0.4, 0.5) is 5.69 Å². The van der Waals surface area contributed by atoms with Crippen molar-refractivity contribution < 1.29 is 4.79 Å². The number of rotatable bonds is 4. The fourth-order valence-corrected chi connectivity index (χ4v) is 3.13. The maximum Gasteiger partial charge on any atom is 0.237 e. The van der Waals surface area contributed by atoms with E-state index >= 15 is 0 Å². The van der Waals surface area contributed by atoms with Crippen LogP contribution in [0.25, 0.3) is 5.65 Å². The van der Waals surface area contributed by atoms with Gasteiger partial charge in [-0.3, -0.25) is 9.20 Å². The van der Waals surface area contributed by atoms with E-state index in [1.54, 1.807) is 25.1 Å². The van der Waals surface area contributed by atoms with E-state index in [1.807, 2.05) is 28.8 Å². The van der Waals surface area contributed by atoms with E-state index in [9.17, 15) is 4.79 Å². The van der Waals surface area contributed by atoms with E-state index in [1.165, 1.54) is 11.8 Å². The normalized spacial score (nSPS) is 12.3. The first-order valence-electron chi connectivity index (χ1n) is 6.77. The van der Waals surface area contributed by atoms with E-state index in [4.69, 9.17) is 23.2 Å². The number of amides is 1. The Hall–Kier alpha value is -1.76. The van der Waals surface area contributed by atoms with E-state index in [-0.39, 0.29) is 11.2 Å². The number of fused-ring (bicyclic) bond motifs is 1. The van der Waals surface area contributed by atoms with E-state index in [0.717, 1.165) is 5.65 Å². The predicted octanol–water partition coefficient (Wildman–Crippen LogP) is 4.16. The summed E-state index contributed by atoms with van der Waals surface area (Å²) in [6.07, 6.45) is 1.86. The zero-order valence-electron chi connectivity index (χ0n) is 12.0. The Kier molecular flexibility index (Phi) is 4.75. The molecule has 0 saturated heterocycles. The Bertz CT molecular complexity index is 868. The molecule has 118 valence electrons. The number of carbonyl (C=O) groups excluding carboxylic acids is 1. The van der Waals surface area contributed by atoms with Gasteiger partial charge in [-0.05, 0) is 31.2 Å². The topological polar surface area (TPSA) is 59.3 Å². The average Bonchev–Trinajstić information content (AvgIpc) is 2.95. The van der Waals surface area contributed by atoms with Gasteiger partial charge in [0, 0.05) is 6.20 Å². The summed E-state index contributed by atoms with van der Waals surface area (Å²) >= 11 is 13.3. The van der Waals surface area contributed by atoms with Crippen LogP contribution in [0.5, 0.6) is 0 Å². The Morgan fingerprint density at radius 2 is 2.04 bits per heavy atom. The van der Waals surface area contributed by atoms with Gasteiger partial charge in [0.05, 0.1) is 21.0 Å². The van der Waals surface area contributed by atoms with Gasteiger partial charge in [-0.15, -0.1) is 10.2 Å². The molecule has 3 aromatic rings. The molecule has 2 heterocycles. The molecule has 0 aliphatic heterocycles. The molecule has 1 N–H and O–H groups in total. The summed E-state index contributed by atoms with van der Waals surface area (Å²) in [6.45, 7) is 1.79. The first-order chi connectivity index (χ1) is 11.1. The second-order valence-electron chi connectivity index (χ2n) is 4.76. The quantitative estimate of drug-likeness (QED) is 0.704. The molecular weight excluding hydrogens is 355 g/mol. The molecule has 5 nitrogen and oxygen atoms in total. The number of benzene rings is 1. The minimum Gasteiger partial charge on any atom is -0.324 e. The molecule has 0 unspecified atom stereocenters. The van der Waals surface area contributed by atoms with Crippen LogP contribution < -0.4 is 5.32 Å². The SMILES string of the molecule is C[C@@H](Sc1nnc2ccccn12)C(=O)Nc1cccc(Cl)c1Cl. The molecule has 3 rings (SSSR count). The maximum absolute atomic E-state index is 12.3. The third kappa shape index (κ3) is 3.44. The average molecular weight is 367 g/mol. The lowest BCUT2D eigenvalue weighted by Gasteiger charge is -2.12. The highest BCUT2D eigenvalue weighted by atomic mass is 35.5. The van der Waals surface area contributed by atoms with Crippen LogP contribution >= 0.6 is 35.0 Å². The number of hydrogen-bond acceptors (Lipinski definition) is 4. The summed E-state index contributed by atoms with van der Waals surface area (Å²) in [6, 6.07) is 10.7. The number of pyridine rings is 1. The number of aromatic nitrogens is 3. The fourth-order valence-electron chi connectivity index (χ4n) is 1.95. The van der Waals surface area contributed by atoms with Crippen LogP contribution in [-0.4, -0.2) is 25.8 Å². The second kappa shape index (κ2) is 6.78. The molecule has 8 heteroatoms. The minimum absolute atomic E-state index is 0.188. The largest absolute Gasteiger partial charge is 0.324 e. The van der Waals surface area contributed by atoms with Crippen molar-refractivity contribution in [3.05, 3.63) is 52.6 Å². The van der Waals surface area contributed by atoms with Gasteiger partial charge in [0.25, 0.3) is 0 Å².